The van der Waals surface area contributed by atoms with Crippen molar-refractivity contribution in [2.24, 2.45) is 5.92 Å². The van der Waals surface area contributed by atoms with Gasteiger partial charge >= 0.3 is 0 Å². The number of rotatable bonds is 2. The zero-order valence-electron chi connectivity index (χ0n) is 9.60. The first-order valence-corrected chi connectivity index (χ1v) is 7.93. The van der Waals surface area contributed by atoms with E-state index < -0.39 is 0 Å². The van der Waals surface area contributed by atoms with Crippen LogP contribution in [0.15, 0.2) is 24.3 Å². The van der Waals surface area contributed by atoms with Crippen LogP contribution in [0.2, 0.25) is 0 Å². The summed E-state index contributed by atoms with van der Waals surface area (Å²) >= 11 is 5.23. The fourth-order valence-electron chi connectivity index (χ4n) is 2.39. The van der Waals surface area contributed by atoms with Crippen molar-refractivity contribution in [2.45, 2.75) is 12.8 Å². The van der Waals surface area contributed by atoms with Gasteiger partial charge in [0.1, 0.15) is 5.00 Å². The summed E-state index contributed by atoms with van der Waals surface area (Å²) in [5.41, 5.74) is 1.13. The number of halogens is 1. The van der Waals surface area contributed by atoms with Crippen LogP contribution in [-0.4, -0.2) is 22.8 Å². The average Bonchev–Trinajstić information content (AvgIpc) is 2.83. The molecule has 1 aliphatic rings. The van der Waals surface area contributed by atoms with E-state index in [9.17, 15) is 0 Å². The van der Waals surface area contributed by atoms with E-state index in [1.165, 1.54) is 36.3 Å². The van der Waals surface area contributed by atoms with Gasteiger partial charge in [0.25, 0.3) is 0 Å². The fourth-order valence-corrected chi connectivity index (χ4v) is 3.95. The van der Waals surface area contributed by atoms with Gasteiger partial charge in [-0.3, -0.25) is 0 Å². The maximum absolute atomic E-state index is 4.52. The molecule has 0 N–H and O–H groups in total. The third kappa shape index (κ3) is 2.20. The highest BCUT2D eigenvalue weighted by molar-refractivity contribution is 9.09. The first-order valence-electron chi connectivity index (χ1n) is 6.04. The van der Waals surface area contributed by atoms with Gasteiger partial charge in [0.15, 0.2) is 0 Å². The summed E-state index contributed by atoms with van der Waals surface area (Å²) in [7, 11) is 0. The maximum Gasteiger partial charge on any atom is 0.119 e. The molecule has 4 heteroatoms. The van der Waals surface area contributed by atoms with Crippen molar-refractivity contribution in [1.82, 2.24) is 4.37 Å². The molecule has 3 rings (SSSR count). The summed E-state index contributed by atoms with van der Waals surface area (Å²) in [5, 5.41) is 3.81. The largest absolute Gasteiger partial charge is 0.362 e. The van der Waals surface area contributed by atoms with Crippen molar-refractivity contribution in [2.75, 3.05) is 23.3 Å². The van der Waals surface area contributed by atoms with Crippen LogP contribution in [0.5, 0.6) is 0 Å². The number of anilines is 1. The Balaban J connectivity index is 1.85. The molecule has 2 heterocycles. The molecule has 1 aromatic heterocycles. The minimum atomic E-state index is 0.852. The van der Waals surface area contributed by atoms with Crippen LogP contribution in [0, 0.1) is 5.92 Å². The van der Waals surface area contributed by atoms with Crippen molar-refractivity contribution >= 4 is 43.4 Å². The van der Waals surface area contributed by atoms with Crippen LogP contribution >= 0.6 is 27.5 Å². The van der Waals surface area contributed by atoms with Gasteiger partial charge in [0, 0.05) is 23.8 Å². The first-order chi connectivity index (χ1) is 8.38. The highest BCUT2D eigenvalue weighted by Crippen LogP contribution is 2.33. The van der Waals surface area contributed by atoms with Crippen molar-refractivity contribution in [3.05, 3.63) is 24.3 Å². The van der Waals surface area contributed by atoms with Crippen LogP contribution in [0.3, 0.4) is 0 Å². The Kier molecular flexibility index (Phi) is 3.34. The zero-order chi connectivity index (χ0) is 11.7. The van der Waals surface area contributed by atoms with E-state index in [1.807, 2.05) is 0 Å². The number of fused-ring (bicyclic) bond motifs is 1. The summed E-state index contributed by atoms with van der Waals surface area (Å²) in [4.78, 5) is 2.50. The molecular weight excluding hydrogens is 296 g/mol. The normalized spacial score (nSPS) is 17.8. The van der Waals surface area contributed by atoms with Gasteiger partial charge in [-0.25, -0.2) is 0 Å². The number of alkyl halides is 1. The quantitative estimate of drug-likeness (QED) is 0.782. The molecule has 0 saturated carbocycles. The predicted molar refractivity (Wildman–Crippen MR) is 78.4 cm³/mol. The van der Waals surface area contributed by atoms with Crippen molar-refractivity contribution in [3.63, 3.8) is 0 Å². The lowest BCUT2D eigenvalue weighted by Gasteiger charge is -2.31. The molecule has 90 valence electrons. The molecule has 1 aromatic carbocycles. The summed E-state index contributed by atoms with van der Waals surface area (Å²) in [6, 6.07) is 8.44. The van der Waals surface area contributed by atoms with Gasteiger partial charge in [0.2, 0.25) is 0 Å². The van der Waals surface area contributed by atoms with E-state index in [0.29, 0.717) is 0 Å². The summed E-state index contributed by atoms with van der Waals surface area (Å²) in [6.07, 6.45) is 2.58. The Morgan fingerprint density at radius 3 is 2.82 bits per heavy atom. The Morgan fingerprint density at radius 2 is 2.06 bits per heavy atom. The lowest BCUT2D eigenvalue weighted by atomic mass is 9.99. The summed E-state index contributed by atoms with van der Waals surface area (Å²) in [6.45, 7) is 2.34. The monoisotopic (exact) mass is 310 g/mol. The molecule has 1 fully saturated rings. The third-order valence-corrected chi connectivity index (χ3v) is 5.34. The number of aromatic nitrogens is 1. The Bertz CT molecular complexity index is 503. The lowest BCUT2D eigenvalue weighted by Crippen LogP contribution is -2.33. The summed E-state index contributed by atoms with van der Waals surface area (Å²) < 4.78 is 4.52. The Hall–Kier alpha value is -0.610. The lowest BCUT2D eigenvalue weighted by molar-refractivity contribution is 0.449. The Labute approximate surface area is 114 Å². The SMILES string of the molecule is BrCC1CCN(c2snc3ccccc23)CC1. The molecular formula is C13H15BrN2S. The van der Waals surface area contributed by atoms with Gasteiger partial charge in [-0.05, 0) is 42.4 Å². The summed E-state index contributed by atoms with van der Waals surface area (Å²) in [5.74, 6) is 0.852. The molecule has 1 saturated heterocycles. The first kappa shape index (κ1) is 11.5. The second-order valence-electron chi connectivity index (χ2n) is 4.59. The molecule has 0 spiro atoms. The van der Waals surface area contributed by atoms with E-state index in [-0.39, 0.29) is 0 Å². The van der Waals surface area contributed by atoms with Crippen LogP contribution in [0.4, 0.5) is 5.00 Å². The van der Waals surface area contributed by atoms with Crippen LogP contribution in [0.25, 0.3) is 10.9 Å². The molecule has 2 aromatic rings. The number of hydrogen-bond acceptors (Lipinski definition) is 3. The number of piperidine rings is 1. The maximum atomic E-state index is 4.52. The van der Waals surface area contributed by atoms with E-state index in [2.05, 4.69) is 49.5 Å². The molecule has 0 unspecified atom stereocenters. The van der Waals surface area contributed by atoms with Gasteiger partial charge in [-0.15, -0.1) is 0 Å². The molecule has 0 atom stereocenters. The number of hydrogen-bond donors (Lipinski definition) is 0. The van der Waals surface area contributed by atoms with Gasteiger partial charge in [-0.1, -0.05) is 28.1 Å². The zero-order valence-corrected chi connectivity index (χ0v) is 12.0. The van der Waals surface area contributed by atoms with Gasteiger partial charge in [-0.2, -0.15) is 4.37 Å². The second kappa shape index (κ2) is 4.94. The van der Waals surface area contributed by atoms with E-state index in [1.54, 1.807) is 11.5 Å². The fraction of sp³-hybridized carbons (Fsp3) is 0.462. The standard InChI is InChI=1S/C13H15BrN2S/c14-9-10-5-7-16(8-6-10)13-11-3-1-2-4-12(11)15-17-13/h1-4,10H,5-9H2. The van der Waals surface area contributed by atoms with Crippen LogP contribution < -0.4 is 4.90 Å². The third-order valence-electron chi connectivity index (χ3n) is 3.48. The highest BCUT2D eigenvalue weighted by atomic mass is 79.9. The second-order valence-corrected chi connectivity index (χ2v) is 5.99. The van der Waals surface area contributed by atoms with Crippen molar-refractivity contribution < 1.29 is 0 Å². The molecule has 2 nitrogen and oxygen atoms in total. The molecule has 17 heavy (non-hydrogen) atoms. The minimum absolute atomic E-state index is 0.852. The molecule has 0 radical (unpaired) electrons. The van der Waals surface area contributed by atoms with E-state index >= 15 is 0 Å². The topological polar surface area (TPSA) is 16.1 Å². The molecule has 1 aliphatic heterocycles. The van der Waals surface area contributed by atoms with E-state index in [0.717, 1.165) is 16.8 Å². The predicted octanol–water partition coefficient (Wildman–Crippen LogP) is 3.91. The van der Waals surface area contributed by atoms with Crippen molar-refractivity contribution in [3.8, 4) is 0 Å². The Morgan fingerprint density at radius 1 is 1.29 bits per heavy atom. The van der Waals surface area contributed by atoms with Crippen LogP contribution in [-0.2, 0) is 0 Å². The number of nitrogens with zero attached hydrogens (tertiary/aromatic N) is 2. The number of benzene rings is 1. The molecule has 0 bridgehead atoms. The van der Waals surface area contributed by atoms with Gasteiger partial charge in [0.05, 0.1) is 5.52 Å². The minimum Gasteiger partial charge on any atom is -0.362 e. The molecule has 0 aliphatic carbocycles. The van der Waals surface area contributed by atoms with Crippen LogP contribution in [0.1, 0.15) is 12.8 Å². The molecule has 0 amide bonds. The average molecular weight is 311 g/mol. The highest BCUT2D eigenvalue weighted by Gasteiger charge is 2.21. The smallest absolute Gasteiger partial charge is 0.119 e. The van der Waals surface area contributed by atoms with Crippen molar-refractivity contribution in [1.29, 1.82) is 0 Å². The van der Waals surface area contributed by atoms with Gasteiger partial charge < -0.3 is 4.90 Å². The van der Waals surface area contributed by atoms with E-state index in [4.69, 9.17) is 0 Å².